The molecule has 280 valence electrons. The van der Waals surface area contributed by atoms with E-state index in [2.05, 4.69) is 40.9 Å². The molecule has 2 heterocycles. The summed E-state index contributed by atoms with van der Waals surface area (Å²) in [5.41, 5.74) is 17.6. The fourth-order valence-corrected chi connectivity index (χ4v) is 4.89. The molecule has 6 N–H and O–H groups in total. The highest BCUT2D eigenvalue weighted by Crippen LogP contribution is 2.36. The summed E-state index contributed by atoms with van der Waals surface area (Å²) in [6, 6.07) is 17.3. The zero-order chi connectivity index (χ0) is 39.1. The minimum Gasteiger partial charge on any atom is -0.495 e. The lowest BCUT2D eigenvalue weighted by molar-refractivity contribution is 0.0952. The monoisotopic (exact) mass is 722 g/mol. The Labute approximate surface area is 310 Å². The Morgan fingerprint density at radius 1 is 1.02 bits per heavy atom. The van der Waals surface area contributed by atoms with Crippen LogP contribution in [0, 0.1) is 13.8 Å². The van der Waals surface area contributed by atoms with Crippen molar-refractivity contribution in [3.63, 3.8) is 0 Å². The van der Waals surface area contributed by atoms with Gasteiger partial charge in [0.2, 0.25) is 5.88 Å². The number of hydrogen-bond acceptors (Lipinski definition) is 9. The number of aliphatic imine (C=N–C) groups is 1. The van der Waals surface area contributed by atoms with Crippen molar-refractivity contribution in [1.82, 2.24) is 15.3 Å². The van der Waals surface area contributed by atoms with Gasteiger partial charge in [0.15, 0.2) is 0 Å². The minimum absolute atomic E-state index is 0.0815. The molecule has 10 nitrogen and oxygen atoms in total. The molecule has 1 atom stereocenters. The molecule has 4 aromatic rings. The summed E-state index contributed by atoms with van der Waals surface area (Å²) in [6.07, 6.45) is 4.57. The third kappa shape index (κ3) is 13.6. The molecular formula is C40H59ClN6O4. The number of pyridine rings is 2. The number of ether oxygens (including phenoxy) is 2. The van der Waals surface area contributed by atoms with E-state index in [-0.39, 0.29) is 17.9 Å². The van der Waals surface area contributed by atoms with Gasteiger partial charge in [0, 0.05) is 54.7 Å². The summed E-state index contributed by atoms with van der Waals surface area (Å²) in [5.74, 6) is 0.243. The molecule has 0 bridgehead atoms. The van der Waals surface area contributed by atoms with Crippen molar-refractivity contribution in [3.05, 3.63) is 99.3 Å². The summed E-state index contributed by atoms with van der Waals surface area (Å²) < 4.78 is 10.8. The number of amides is 1. The molecule has 0 fully saturated rings. The summed E-state index contributed by atoms with van der Waals surface area (Å²) >= 11 is 6.66. The number of carbonyl (C=O) groups is 1. The van der Waals surface area contributed by atoms with Crippen LogP contribution in [0.4, 0.5) is 5.69 Å². The van der Waals surface area contributed by atoms with Gasteiger partial charge in [-0.2, -0.15) is 0 Å². The number of carbonyl (C=O) groups excluding carboxylic acids is 1. The van der Waals surface area contributed by atoms with E-state index >= 15 is 0 Å². The van der Waals surface area contributed by atoms with Crippen LogP contribution in [0.1, 0.15) is 92.2 Å². The topological polar surface area (TPSA) is 158 Å². The second-order valence-electron chi connectivity index (χ2n) is 11.0. The molecule has 0 aliphatic rings. The number of aliphatic hydroxyl groups excluding tert-OH is 1. The lowest BCUT2D eigenvalue weighted by Gasteiger charge is -2.21. The highest BCUT2D eigenvalue weighted by atomic mass is 35.5. The third-order valence-electron chi connectivity index (χ3n) is 7.05. The van der Waals surface area contributed by atoms with Crippen molar-refractivity contribution < 1.29 is 19.4 Å². The molecule has 0 saturated heterocycles. The number of anilines is 1. The normalized spacial score (nSPS) is 10.6. The largest absolute Gasteiger partial charge is 0.495 e. The van der Waals surface area contributed by atoms with E-state index in [4.69, 9.17) is 36.9 Å². The quantitative estimate of drug-likeness (QED) is 0.0946. The van der Waals surface area contributed by atoms with Crippen LogP contribution < -0.4 is 26.3 Å². The third-order valence-corrected chi connectivity index (χ3v) is 7.42. The Morgan fingerprint density at radius 2 is 1.63 bits per heavy atom. The van der Waals surface area contributed by atoms with Gasteiger partial charge >= 0.3 is 0 Å². The predicted octanol–water partition coefficient (Wildman–Crippen LogP) is 8.03. The molecule has 2 aromatic carbocycles. The molecule has 4 rings (SSSR count). The molecule has 1 amide bonds. The van der Waals surface area contributed by atoms with Crippen molar-refractivity contribution in [1.29, 1.82) is 0 Å². The highest BCUT2D eigenvalue weighted by molar-refractivity contribution is 6.34. The molecule has 11 heteroatoms. The van der Waals surface area contributed by atoms with Crippen LogP contribution in [0.2, 0.25) is 5.02 Å². The molecule has 0 spiro atoms. The van der Waals surface area contributed by atoms with Crippen LogP contribution in [0.15, 0.2) is 65.8 Å². The number of aromatic nitrogens is 2. The fourth-order valence-electron chi connectivity index (χ4n) is 4.61. The van der Waals surface area contributed by atoms with Crippen LogP contribution >= 0.6 is 11.6 Å². The Morgan fingerprint density at radius 3 is 2.18 bits per heavy atom. The molecule has 0 saturated carbocycles. The van der Waals surface area contributed by atoms with Gasteiger partial charge in [-0.1, -0.05) is 76.0 Å². The summed E-state index contributed by atoms with van der Waals surface area (Å²) in [4.78, 5) is 27.2. The standard InChI is InChI=1S/C33H36ClN5O3.C3H8.C2H6.CH5N.CH4O/c1-19(2)37-17-24-15-23(16-28(41-5)30(24)35)32(40)38-18-26(22-10-8-7-9-11-22)27-14-20(3)21(4)31(39-27)25-12-13-36-33(42-6)29(25)34;1-3-2;3*1-2/h7-17,19,26H,18,35H2,1-6H3,(H,38,40);3H2,1-2H3;1-2H3;2H2,1H3;2H,1H3. The zero-order valence-electron chi connectivity index (χ0n) is 32.5. The number of rotatable bonds is 10. The van der Waals surface area contributed by atoms with Gasteiger partial charge < -0.3 is 31.4 Å². The molecule has 1 unspecified atom stereocenters. The number of benzene rings is 2. The van der Waals surface area contributed by atoms with E-state index in [9.17, 15) is 4.79 Å². The lowest BCUT2D eigenvalue weighted by atomic mass is 9.92. The number of nitrogens with one attached hydrogen (secondary N) is 1. The molecule has 0 aliphatic carbocycles. The van der Waals surface area contributed by atoms with Crippen LogP contribution in [0.5, 0.6) is 11.6 Å². The Hall–Kier alpha value is -4.51. The van der Waals surface area contributed by atoms with Gasteiger partial charge in [-0.15, -0.1) is 0 Å². The second kappa shape index (κ2) is 25.4. The van der Waals surface area contributed by atoms with Crippen molar-refractivity contribution in [2.75, 3.05) is 40.7 Å². The van der Waals surface area contributed by atoms with Crippen molar-refractivity contribution >= 4 is 29.4 Å². The van der Waals surface area contributed by atoms with Crippen LogP contribution in [-0.2, 0) is 0 Å². The van der Waals surface area contributed by atoms with Crippen molar-refractivity contribution in [2.45, 2.75) is 73.8 Å². The highest BCUT2D eigenvalue weighted by Gasteiger charge is 2.22. The van der Waals surface area contributed by atoms with Crippen LogP contribution in [0.25, 0.3) is 11.3 Å². The first-order chi connectivity index (χ1) is 24.6. The average molecular weight is 723 g/mol. The number of nitrogens with zero attached hydrogens (tertiary/aromatic N) is 3. The number of hydrogen-bond donors (Lipinski definition) is 4. The zero-order valence-corrected chi connectivity index (χ0v) is 33.2. The van der Waals surface area contributed by atoms with Gasteiger partial charge in [0.1, 0.15) is 10.8 Å². The Bertz CT molecular complexity index is 1630. The van der Waals surface area contributed by atoms with Gasteiger partial charge in [0.05, 0.1) is 31.3 Å². The number of aryl methyl sites for hydroxylation is 1. The molecular weight excluding hydrogens is 664 g/mol. The summed E-state index contributed by atoms with van der Waals surface area (Å²) in [7, 11) is 5.56. The number of nitrogen functional groups attached to an aromatic ring is 1. The minimum atomic E-state index is -0.264. The van der Waals surface area contributed by atoms with Gasteiger partial charge in [-0.25, -0.2) is 4.98 Å². The number of halogens is 1. The maximum atomic E-state index is 13.5. The first kappa shape index (κ1) is 46.5. The number of methoxy groups -OCH3 is 2. The average Bonchev–Trinajstić information content (AvgIpc) is 3.16. The Kier molecular flexibility index (Phi) is 23.2. The van der Waals surface area contributed by atoms with E-state index in [1.54, 1.807) is 24.5 Å². The van der Waals surface area contributed by atoms with E-state index in [1.165, 1.54) is 27.7 Å². The summed E-state index contributed by atoms with van der Waals surface area (Å²) in [5, 5.41) is 10.5. The van der Waals surface area contributed by atoms with E-state index in [0.29, 0.717) is 40.0 Å². The van der Waals surface area contributed by atoms with E-state index in [0.717, 1.165) is 40.8 Å². The fraction of sp³-hybridized carbons (Fsp3) is 0.400. The van der Waals surface area contributed by atoms with Crippen molar-refractivity contribution in [3.8, 4) is 22.9 Å². The Balaban J connectivity index is 0.00000255. The van der Waals surface area contributed by atoms with Crippen molar-refractivity contribution in [2.24, 2.45) is 10.7 Å². The van der Waals surface area contributed by atoms with Gasteiger partial charge in [-0.3, -0.25) is 14.8 Å². The van der Waals surface area contributed by atoms with Gasteiger partial charge in [-0.05, 0) is 75.7 Å². The number of nitrogens with two attached hydrogens (primary N) is 2. The molecule has 0 radical (unpaired) electrons. The maximum absolute atomic E-state index is 13.5. The summed E-state index contributed by atoms with van der Waals surface area (Å²) in [6.45, 7) is 16.5. The first-order valence-electron chi connectivity index (χ1n) is 17.1. The molecule has 51 heavy (non-hydrogen) atoms. The first-order valence-corrected chi connectivity index (χ1v) is 17.5. The lowest BCUT2D eigenvalue weighted by Crippen LogP contribution is -2.29. The van der Waals surface area contributed by atoms with E-state index in [1.807, 2.05) is 77.9 Å². The SMILES string of the molecule is CC.CCC.CN.CO.COc1cc(C(=O)NCC(c2ccccc2)c2cc(C)c(C)c(-c3ccnc(OC)c3Cl)n2)cc(C=NC(C)C)c1N. The van der Waals surface area contributed by atoms with Crippen LogP contribution in [-0.4, -0.2) is 68.2 Å². The number of aliphatic hydroxyl groups is 1. The molecule has 2 aromatic heterocycles. The molecule has 0 aliphatic heterocycles. The maximum Gasteiger partial charge on any atom is 0.251 e. The second-order valence-corrected chi connectivity index (χ2v) is 11.3. The smallest absolute Gasteiger partial charge is 0.251 e. The van der Waals surface area contributed by atoms with E-state index < -0.39 is 0 Å². The predicted molar refractivity (Wildman–Crippen MR) is 215 cm³/mol. The van der Waals surface area contributed by atoms with Crippen LogP contribution in [0.3, 0.4) is 0 Å². The van der Waals surface area contributed by atoms with Gasteiger partial charge in [0.25, 0.3) is 5.91 Å².